The summed E-state index contributed by atoms with van der Waals surface area (Å²) in [5.41, 5.74) is 1.41. The maximum atomic E-state index is 12.5. The van der Waals surface area contributed by atoms with Gasteiger partial charge in [0.05, 0.1) is 5.69 Å². The Morgan fingerprint density at radius 1 is 1.19 bits per heavy atom. The van der Waals surface area contributed by atoms with Gasteiger partial charge in [0.25, 0.3) is 5.91 Å². The summed E-state index contributed by atoms with van der Waals surface area (Å²) in [4.78, 5) is 26.3. The van der Waals surface area contributed by atoms with Gasteiger partial charge in [-0.2, -0.15) is 0 Å². The van der Waals surface area contributed by atoms with Crippen LogP contribution in [0.3, 0.4) is 0 Å². The van der Waals surface area contributed by atoms with E-state index >= 15 is 0 Å². The molecule has 1 N–H and O–H groups in total. The van der Waals surface area contributed by atoms with Gasteiger partial charge in [0, 0.05) is 24.6 Å². The molecule has 2 aromatic rings. The summed E-state index contributed by atoms with van der Waals surface area (Å²) < 4.78 is 41.3. The molecule has 0 aliphatic carbocycles. The molecule has 3 rings (SSSR count). The minimum absolute atomic E-state index is 0.0555. The van der Waals surface area contributed by atoms with Crippen LogP contribution in [0, 0.1) is 0 Å². The molecule has 142 valence electrons. The van der Waals surface area contributed by atoms with Crippen molar-refractivity contribution < 1.29 is 27.5 Å². The van der Waals surface area contributed by atoms with Crippen molar-refractivity contribution in [3.63, 3.8) is 0 Å². The Hall–Kier alpha value is -3.03. The fourth-order valence-corrected chi connectivity index (χ4v) is 3.00. The van der Waals surface area contributed by atoms with Crippen LogP contribution in [0.15, 0.2) is 48.5 Å². The van der Waals surface area contributed by atoms with Gasteiger partial charge in [-0.05, 0) is 30.7 Å². The molecule has 2 aromatic carbocycles. The zero-order chi connectivity index (χ0) is 19.6. The molecule has 5 nitrogen and oxygen atoms in total. The number of carbonyl (C=O) groups excluding carboxylic acids is 2. The second-order valence-corrected chi connectivity index (χ2v) is 6.24. The Bertz CT molecular complexity index is 867. The first-order valence-corrected chi connectivity index (χ1v) is 8.28. The first-order valence-electron chi connectivity index (χ1n) is 8.28. The van der Waals surface area contributed by atoms with Crippen LogP contribution in [0.25, 0.3) is 0 Å². The van der Waals surface area contributed by atoms with Gasteiger partial charge < -0.3 is 15.0 Å². The number of ether oxygens (including phenoxy) is 1. The van der Waals surface area contributed by atoms with E-state index in [1.807, 2.05) is 12.1 Å². The van der Waals surface area contributed by atoms with Gasteiger partial charge in [0.15, 0.2) is 5.75 Å². The maximum absolute atomic E-state index is 12.5. The number of amides is 2. The topological polar surface area (TPSA) is 58.6 Å². The number of benzene rings is 2. The number of hydrogen-bond acceptors (Lipinski definition) is 3. The highest BCUT2D eigenvalue weighted by molar-refractivity contribution is 5.99. The molecule has 0 bridgehead atoms. The Labute approximate surface area is 153 Å². The third-order valence-electron chi connectivity index (χ3n) is 4.25. The molecule has 1 atom stereocenters. The van der Waals surface area contributed by atoms with Crippen molar-refractivity contribution in [3.8, 4) is 5.75 Å². The average Bonchev–Trinajstić information content (AvgIpc) is 2.93. The minimum Gasteiger partial charge on any atom is -0.404 e. The number of anilines is 1. The van der Waals surface area contributed by atoms with Crippen LogP contribution in [-0.2, 0) is 11.3 Å². The molecule has 0 saturated heterocycles. The molecule has 1 aliphatic heterocycles. The molecule has 0 saturated carbocycles. The minimum atomic E-state index is -4.86. The Balaban J connectivity index is 1.65. The van der Waals surface area contributed by atoms with Gasteiger partial charge in [0.2, 0.25) is 5.91 Å². The molecular weight excluding hydrogens is 361 g/mol. The predicted octanol–water partition coefficient (Wildman–Crippen LogP) is 3.96. The average molecular weight is 378 g/mol. The molecule has 0 spiro atoms. The van der Waals surface area contributed by atoms with Gasteiger partial charge in [0.1, 0.15) is 0 Å². The number of carbonyl (C=O) groups is 2. The molecule has 0 radical (unpaired) electrons. The quantitative estimate of drug-likeness (QED) is 0.857. The highest BCUT2D eigenvalue weighted by Gasteiger charge is 2.33. The second kappa shape index (κ2) is 7.30. The van der Waals surface area contributed by atoms with Crippen molar-refractivity contribution in [1.29, 1.82) is 0 Å². The highest BCUT2D eigenvalue weighted by Crippen LogP contribution is 2.30. The van der Waals surface area contributed by atoms with Crippen LogP contribution in [0.4, 0.5) is 18.9 Å². The van der Waals surface area contributed by atoms with Crippen LogP contribution in [0.5, 0.6) is 5.75 Å². The maximum Gasteiger partial charge on any atom is 0.573 e. The summed E-state index contributed by atoms with van der Waals surface area (Å²) in [6, 6.07) is 12.1. The second-order valence-electron chi connectivity index (χ2n) is 6.24. The molecule has 2 amide bonds. The van der Waals surface area contributed by atoms with Crippen molar-refractivity contribution in [3.05, 3.63) is 59.7 Å². The summed E-state index contributed by atoms with van der Waals surface area (Å²) in [5.74, 6) is -1.16. The van der Waals surface area contributed by atoms with Crippen LogP contribution in [-0.4, -0.2) is 29.1 Å². The van der Waals surface area contributed by atoms with E-state index in [1.165, 1.54) is 18.2 Å². The van der Waals surface area contributed by atoms with Gasteiger partial charge in [-0.3, -0.25) is 9.59 Å². The predicted molar refractivity (Wildman–Crippen MR) is 92.1 cm³/mol. The van der Waals surface area contributed by atoms with Crippen LogP contribution >= 0.6 is 0 Å². The molecule has 1 heterocycles. The van der Waals surface area contributed by atoms with Gasteiger partial charge in [-0.15, -0.1) is 13.2 Å². The van der Waals surface area contributed by atoms with Crippen LogP contribution in [0.2, 0.25) is 0 Å². The van der Waals surface area contributed by atoms with E-state index in [1.54, 1.807) is 24.0 Å². The Kier molecular flexibility index (Phi) is 5.07. The number of rotatable bonds is 5. The Morgan fingerprint density at radius 3 is 2.56 bits per heavy atom. The molecule has 8 heteroatoms. The normalized spacial score (nSPS) is 14.7. The van der Waals surface area contributed by atoms with Crippen molar-refractivity contribution >= 4 is 17.5 Å². The van der Waals surface area contributed by atoms with E-state index in [0.29, 0.717) is 12.1 Å². The van der Waals surface area contributed by atoms with E-state index in [9.17, 15) is 22.8 Å². The van der Waals surface area contributed by atoms with Crippen molar-refractivity contribution in [1.82, 2.24) is 4.90 Å². The summed E-state index contributed by atoms with van der Waals surface area (Å²) in [6.07, 6.45) is -4.91. The summed E-state index contributed by atoms with van der Waals surface area (Å²) >= 11 is 0. The number of fused-ring (bicyclic) bond motifs is 1. The largest absolute Gasteiger partial charge is 0.573 e. The first-order chi connectivity index (χ1) is 12.7. The van der Waals surface area contributed by atoms with E-state index in [2.05, 4.69) is 10.1 Å². The van der Waals surface area contributed by atoms with Crippen LogP contribution in [0.1, 0.15) is 29.3 Å². The summed E-state index contributed by atoms with van der Waals surface area (Å²) in [5, 5.41) is 2.42. The third kappa shape index (κ3) is 4.39. The van der Waals surface area contributed by atoms with E-state index in [4.69, 9.17) is 0 Å². The van der Waals surface area contributed by atoms with Crippen molar-refractivity contribution in [2.24, 2.45) is 0 Å². The lowest BCUT2D eigenvalue weighted by molar-refractivity contribution is -0.274. The third-order valence-corrected chi connectivity index (χ3v) is 4.25. The number of para-hydroxylation sites is 2. The lowest BCUT2D eigenvalue weighted by atomic mass is 10.1. The number of nitrogens with one attached hydrogen (secondary N) is 1. The van der Waals surface area contributed by atoms with Gasteiger partial charge in [-0.25, -0.2) is 0 Å². The number of nitrogens with zero attached hydrogens (tertiary/aromatic N) is 1. The number of halogens is 3. The van der Waals surface area contributed by atoms with E-state index in [0.717, 1.165) is 11.6 Å². The highest BCUT2D eigenvalue weighted by atomic mass is 19.4. The first kappa shape index (κ1) is 18.8. The van der Waals surface area contributed by atoms with Gasteiger partial charge >= 0.3 is 6.36 Å². The zero-order valence-corrected chi connectivity index (χ0v) is 14.4. The molecular formula is C19H17F3N2O3. The fourth-order valence-electron chi connectivity index (χ4n) is 3.00. The monoisotopic (exact) mass is 378 g/mol. The number of alkyl halides is 3. The number of hydrogen-bond donors (Lipinski definition) is 1. The SMILES string of the molecule is C[C@H](CC(=O)Nc1ccccc1OC(F)(F)F)N1Cc2ccccc2C1=O. The lowest BCUT2D eigenvalue weighted by Gasteiger charge is -2.24. The summed E-state index contributed by atoms with van der Waals surface area (Å²) in [6.45, 7) is 2.12. The lowest BCUT2D eigenvalue weighted by Crippen LogP contribution is -2.36. The zero-order valence-electron chi connectivity index (χ0n) is 14.4. The van der Waals surface area contributed by atoms with Crippen molar-refractivity contribution in [2.75, 3.05) is 5.32 Å². The standard InChI is InChI=1S/C19H17F3N2O3/c1-12(24-11-13-6-2-3-7-14(13)18(24)26)10-17(25)23-15-8-4-5-9-16(15)27-19(20,21)22/h2-9,12H,10-11H2,1H3,(H,23,25)/t12-/m1/s1. The Morgan fingerprint density at radius 2 is 1.85 bits per heavy atom. The van der Waals surface area contributed by atoms with Gasteiger partial charge in [-0.1, -0.05) is 30.3 Å². The molecule has 1 aliphatic rings. The molecule has 27 heavy (non-hydrogen) atoms. The molecule has 0 aromatic heterocycles. The molecule has 0 fully saturated rings. The van der Waals surface area contributed by atoms with Crippen LogP contribution < -0.4 is 10.1 Å². The summed E-state index contributed by atoms with van der Waals surface area (Å²) in [7, 11) is 0. The smallest absolute Gasteiger partial charge is 0.404 e. The molecule has 0 unspecified atom stereocenters. The fraction of sp³-hybridized carbons (Fsp3) is 0.263. The van der Waals surface area contributed by atoms with E-state index < -0.39 is 24.1 Å². The van der Waals surface area contributed by atoms with E-state index in [-0.39, 0.29) is 18.0 Å². The van der Waals surface area contributed by atoms with Crippen molar-refractivity contribution in [2.45, 2.75) is 32.3 Å².